The fourth-order valence-corrected chi connectivity index (χ4v) is 3.99. The number of pyridine rings is 1. The Balaban J connectivity index is 1.68. The van der Waals surface area contributed by atoms with Crippen LogP contribution >= 0.6 is 0 Å². The van der Waals surface area contributed by atoms with Crippen LogP contribution in [0.15, 0.2) is 35.3 Å². The highest BCUT2D eigenvalue weighted by Crippen LogP contribution is 2.28. The maximum absolute atomic E-state index is 13.6. The molecule has 2 aromatic rings. The Hall–Kier alpha value is -3.49. The average molecular weight is 452 g/mol. The van der Waals surface area contributed by atoms with Crippen LogP contribution in [0.3, 0.4) is 0 Å². The van der Waals surface area contributed by atoms with E-state index in [9.17, 15) is 14.4 Å². The number of benzene rings is 1. The fourth-order valence-electron chi connectivity index (χ4n) is 3.99. The van der Waals surface area contributed by atoms with E-state index in [1.807, 2.05) is 38.1 Å². The molecule has 0 spiro atoms. The van der Waals surface area contributed by atoms with Crippen LogP contribution in [0.5, 0.6) is 0 Å². The van der Waals surface area contributed by atoms with Crippen LogP contribution in [0.2, 0.25) is 0 Å². The predicted octanol–water partition coefficient (Wildman–Crippen LogP) is 2.44. The number of amides is 3. The Kier molecular flexibility index (Phi) is 6.05. The monoisotopic (exact) mass is 451 g/mol. The summed E-state index contributed by atoms with van der Waals surface area (Å²) in [6, 6.07) is 9.33. The van der Waals surface area contributed by atoms with E-state index in [0.29, 0.717) is 55.4 Å². The molecule has 0 saturated carbocycles. The van der Waals surface area contributed by atoms with Gasteiger partial charge in [-0.3, -0.25) is 9.59 Å². The van der Waals surface area contributed by atoms with Gasteiger partial charge in [0, 0.05) is 31.6 Å². The lowest BCUT2D eigenvalue weighted by Gasteiger charge is -2.34. The predicted molar refractivity (Wildman–Crippen MR) is 124 cm³/mol. The molecule has 3 heterocycles. The second-order valence-corrected chi connectivity index (χ2v) is 8.77. The number of piperazine rings is 1. The zero-order valence-corrected chi connectivity index (χ0v) is 19.4. The van der Waals surface area contributed by atoms with E-state index >= 15 is 0 Å². The van der Waals surface area contributed by atoms with E-state index in [-0.39, 0.29) is 23.8 Å². The number of para-hydroxylation sites is 1. The molecule has 1 aromatic heterocycles. The minimum Gasteiger partial charge on any atom is -0.450 e. The largest absolute Gasteiger partial charge is 0.450 e. The quantitative estimate of drug-likeness (QED) is 0.769. The molecule has 174 valence electrons. The summed E-state index contributed by atoms with van der Waals surface area (Å²) in [5.74, 6) is -0.119. The number of aromatic nitrogens is 1. The zero-order valence-electron chi connectivity index (χ0n) is 19.4. The van der Waals surface area contributed by atoms with E-state index in [4.69, 9.17) is 9.72 Å². The molecule has 1 N–H and O–H groups in total. The lowest BCUT2D eigenvalue weighted by molar-refractivity contribution is -0.124. The molecule has 33 heavy (non-hydrogen) atoms. The highest BCUT2D eigenvalue weighted by molar-refractivity contribution is 6.19. The molecule has 2 aliphatic heterocycles. The van der Waals surface area contributed by atoms with Crippen LogP contribution < -0.4 is 5.32 Å². The van der Waals surface area contributed by atoms with Crippen LogP contribution in [0.1, 0.15) is 43.7 Å². The summed E-state index contributed by atoms with van der Waals surface area (Å²) in [6.07, 6.45) is -0.367. The van der Waals surface area contributed by atoms with Gasteiger partial charge in [0.1, 0.15) is 11.2 Å². The van der Waals surface area contributed by atoms with Gasteiger partial charge in [0.15, 0.2) is 5.84 Å². The van der Waals surface area contributed by atoms with Crippen molar-refractivity contribution in [1.82, 2.24) is 20.1 Å². The van der Waals surface area contributed by atoms with Crippen LogP contribution in [0.4, 0.5) is 4.79 Å². The minimum absolute atomic E-state index is 0.0226. The number of hydrogen-bond donors (Lipinski definition) is 1. The number of nitrogens with one attached hydrogen (secondary N) is 1. The summed E-state index contributed by atoms with van der Waals surface area (Å²) < 4.78 is 5.06. The van der Waals surface area contributed by atoms with Gasteiger partial charge in [-0.1, -0.05) is 32.0 Å². The average Bonchev–Trinajstić information content (AvgIpc) is 3.13. The van der Waals surface area contributed by atoms with E-state index in [1.54, 1.807) is 29.7 Å². The van der Waals surface area contributed by atoms with Crippen molar-refractivity contribution >= 4 is 34.6 Å². The minimum atomic E-state index is -0.922. The number of fused-ring (bicyclic) bond motifs is 1. The van der Waals surface area contributed by atoms with E-state index < -0.39 is 5.54 Å². The highest BCUT2D eigenvalue weighted by atomic mass is 16.6. The molecule has 1 aromatic carbocycles. The van der Waals surface area contributed by atoms with Crippen LogP contribution in [0, 0.1) is 5.92 Å². The number of hydrogen-bond acceptors (Lipinski definition) is 6. The first kappa shape index (κ1) is 22.7. The first-order valence-corrected chi connectivity index (χ1v) is 11.3. The summed E-state index contributed by atoms with van der Waals surface area (Å²) in [6.45, 7) is 9.29. The number of carbonyl (C=O) groups is 3. The second-order valence-electron chi connectivity index (χ2n) is 8.77. The molecule has 2 aliphatic rings. The molecule has 1 fully saturated rings. The molecule has 9 heteroatoms. The Morgan fingerprint density at radius 1 is 1.15 bits per heavy atom. The van der Waals surface area contributed by atoms with E-state index in [2.05, 4.69) is 10.3 Å². The van der Waals surface area contributed by atoms with Crippen LogP contribution in [0.25, 0.3) is 10.9 Å². The third kappa shape index (κ3) is 4.15. The van der Waals surface area contributed by atoms with Gasteiger partial charge < -0.3 is 19.9 Å². The molecule has 0 aliphatic carbocycles. The number of amidine groups is 1. The fraction of sp³-hybridized carbons (Fsp3) is 0.458. The zero-order chi connectivity index (χ0) is 23.8. The molecular formula is C24H29N5O4. The summed E-state index contributed by atoms with van der Waals surface area (Å²) in [7, 11) is 0. The van der Waals surface area contributed by atoms with Crippen molar-refractivity contribution in [3.8, 4) is 0 Å². The van der Waals surface area contributed by atoms with Crippen LogP contribution in [-0.2, 0) is 9.53 Å². The van der Waals surface area contributed by atoms with Crippen molar-refractivity contribution in [3.05, 3.63) is 41.6 Å². The smallest absolute Gasteiger partial charge is 0.409 e. The highest BCUT2D eigenvalue weighted by Gasteiger charge is 2.43. The molecule has 0 bridgehead atoms. The maximum Gasteiger partial charge on any atom is 0.409 e. The van der Waals surface area contributed by atoms with Crippen molar-refractivity contribution in [2.24, 2.45) is 10.9 Å². The number of aliphatic imine (C=N–C) groups is 1. The second kappa shape index (κ2) is 8.80. The first-order valence-electron chi connectivity index (χ1n) is 11.3. The molecule has 3 amide bonds. The SMILES string of the molecule is CCOC(=O)N1CCN(C(=O)c2cc3ccccc3nc2C2=N[C@@](C)(C(C)C)C(=O)N2)CC1. The molecule has 4 rings (SSSR count). The van der Waals surface area contributed by atoms with Crippen molar-refractivity contribution in [2.45, 2.75) is 33.2 Å². The number of rotatable bonds is 4. The van der Waals surface area contributed by atoms with Crippen molar-refractivity contribution in [3.63, 3.8) is 0 Å². The summed E-state index contributed by atoms with van der Waals surface area (Å²) in [4.78, 5) is 51.0. The summed E-state index contributed by atoms with van der Waals surface area (Å²) in [5.41, 5.74) is 0.537. The Bertz CT molecular complexity index is 1140. The Labute approximate surface area is 192 Å². The molecule has 1 saturated heterocycles. The molecular weight excluding hydrogens is 422 g/mol. The number of nitrogens with zero attached hydrogens (tertiary/aromatic N) is 4. The van der Waals surface area contributed by atoms with Crippen molar-refractivity contribution < 1.29 is 19.1 Å². The summed E-state index contributed by atoms with van der Waals surface area (Å²) in [5, 5.41) is 3.67. The standard InChI is InChI=1S/C24H29N5O4/c1-5-33-23(32)29-12-10-28(11-13-29)21(30)17-14-16-8-6-7-9-18(16)25-19(17)20-26-22(31)24(4,27-20)15(2)3/h6-9,14-15H,5,10-13H2,1-4H3,(H,26,27,31)/t24-/m0/s1. The third-order valence-corrected chi connectivity index (χ3v) is 6.43. The van der Waals surface area contributed by atoms with Gasteiger partial charge in [-0.2, -0.15) is 0 Å². The van der Waals surface area contributed by atoms with Gasteiger partial charge >= 0.3 is 6.09 Å². The molecule has 0 radical (unpaired) electrons. The van der Waals surface area contributed by atoms with Crippen LogP contribution in [-0.4, -0.2) is 76.9 Å². The lowest BCUT2D eigenvalue weighted by Crippen LogP contribution is -2.51. The maximum atomic E-state index is 13.6. The van der Waals surface area contributed by atoms with E-state index in [1.165, 1.54) is 0 Å². The lowest BCUT2D eigenvalue weighted by atomic mass is 9.89. The van der Waals surface area contributed by atoms with Gasteiger partial charge in [-0.15, -0.1) is 0 Å². The Morgan fingerprint density at radius 2 is 1.82 bits per heavy atom. The molecule has 1 atom stereocenters. The molecule has 0 unspecified atom stereocenters. The topological polar surface area (TPSA) is 104 Å². The van der Waals surface area contributed by atoms with Gasteiger partial charge in [0.05, 0.1) is 17.7 Å². The normalized spacial score (nSPS) is 20.8. The number of carbonyl (C=O) groups excluding carboxylic acids is 3. The van der Waals surface area contributed by atoms with Gasteiger partial charge in [0.25, 0.3) is 11.8 Å². The van der Waals surface area contributed by atoms with Gasteiger partial charge in [-0.05, 0) is 31.9 Å². The Morgan fingerprint density at radius 3 is 2.45 bits per heavy atom. The van der Waals surface area contributed by atoms with Crippen molar-refractivity contribution in [1.29, 1.82) is 0 Å². The van der Waals surface area contributed by atoms with Crippen molar-refractivity contribution in [2.75, 3.05) is 32.8 Å². The number of ether oxygens (including phenoxy) is 1. The first-order chi connectivity index (χ1) is 15.7. The summed E-state index contributed by atoms with van der Waals surface area (Å²) >= 11 is 0. The van der Waals surface area contributed by atoms with E-state index in [0.717, 1.165) is 5.39 Å². The molecule has 9 nitrogen and oxygen atoms in total. The van der Waals surface area contributed by atoms with Gasteiger partial charge in [0.2, 0.25) is 0 Å². The third-order valence-electron chi connectivity index (χ3n) is 6.43. The van der Waals surface area contributed by atoms with Gasteiger partial charge in [-0.25, -0.2) is 14.8 Å².